The fraction of sp³-hybridized carbons (Fsp3) is 0.278. The summed E-state index contributed by atoms with van der Waals surface area (Å²) in [5.41, 5.74) is 3.25. The summed E-state index contributed by atoms with van der Waals surface area (Å²) >= 11 is 0. The largest absolute Gasteiger partial charge is 0.451 e. The fourth-order valence-electron chi connectivity index (χ4n) is 1.93. The van der Waals surface area contributed by atoms with Gasteiger partial charge in [0, 0.05) is 6.42 Å². The monoisotopic (exact) mass is 283 g/mol. The number of hydrogen-bond donors (Lipinski definition) is 0. The molecule has 0 aliphatic carbocycles. The van der Waals surface area contributed by atoms with Crippen molar-refractivity contribution < 1.29 is 9.47 Å². The van der Waals surface area contributed by atoms with Crippen molar-refractivity contribution in [3.63, 3.8) is 0 Å². The molecule has 2 rings (SSSR count). The van der Waals surface area contributed by atoms with Crippen LogP contribution in [-0.4, -0.2) is 19.3 Å². The van der Waals surface area contributed by atoms with Gasteiger partial charge in [-0.25, -0.2) is 0 Å². The van der Waals surface area contributed by atoms with Crippen LogP contribution in [-0.2, 0) is 15.9 Å². The molecule has 0 saturated carbocycles. The molecule has 0 radical (unpaired) electrons. The summed E-state index contributed by atoms with van der Waals surface area (Å²) in [7, 11) is 0. The molecule has 110 valence electrons. The summed E-state index contributed by atoms with van der Waals surface area (Å²) in [6.45, 7) is 5.05. The van der Waals surface area contributed by atoms with E-state index in [2.05, 4.69) is 17.1 Å². The highest BCUT2D eigenvalue weighted by Gasteiger charge is 2.03. The molecule has 2 aromatic rings. The van der Waals surface area contributed by atoms with Crippen molar-refractivity contribution in [2.75, 3.05) is 13.2 Å². The van der Waals surface area contributed by atoms with E-state index in [1.807, 2.05) is 56.3 Å². The Kier molecular flexibility index (Phi) is 5.83. The maximum Gasteiger partial charge on any atom is 0.388 e. The van der Waals surface area contributed by atoms with Crippen LogP contribution >= 0.6 is 0 Å². The van der Waals surface area contributed by atoms with E-state index in [0.717, 1.165) is 17.7 Å². The summed E-state index contributed by atoms with van der Waals surface area (Å²) in [5.74, 6) is 0. The Labute approximate surface area is 126 Å². The first-order chi connectivity index (χ1) is 10.3. The Morgan fingerprint density at radius 2 is 1.81 bits per heavy atom. The second kappa shape index (κ2) is 8.10. The Bertz CT molecular complexity index is 579. The average molecular weight is 283 g/mol. The van der Waals surface area contributed by atoms with Gasteiger partial charge in [-0.2, -0.15) is 4.99 Å². The SMILES string of the molecule is CCOC(=Nc1cccc(C)c1)OCCc1ccccc1. The highest BCUT2D eigenvalue weighted by molar-refractivity contribution is 5.71. The van der Waals surface area contributed by atoms with Crippen molar-refractivity contribution in [2.45, 2.75) is 20.3 Å². The Balaban J connectivity index is 1.95. The molecule has 0 aromatic heterocycles. The fourth-order valence-corrected chi connectivity index (χ4v) is 1.93. The molecule has 0 spiro atoms. The number of hydrogen-bond acceptors (Lipinski definition) is 3. The maximum absolute atomic E-state index is 5.66. The third kappa shape index (κ3) is 5.30. The predicted molar refractivity (Wildman–Crippen MR) is 86.0 cm³/mol. The molecule has 0 bridgehead atoms. The van der Waals surface area contributed by atoms with Crippen molar-refractivity contribution >= 4 is 11.8 Å². The van der Waals surface area contributed by atoms with Crippen molar-refractivity contribution in [3.8, 4) is 0 Å². The molecule has 0 amide bonds. The van der Waals surface area contributed by atoms with Crippen LogP contribution in [0.2, 0.25) is 0 Å². The first-order valence-electron chi connectivity index (χ1n) is 7.23. The zero-order valence-corrected chi connectivity index (χ0v) is 12.6. The van der Waals surface area contributed by atoms with Crippen LogP contribution < -0.4 is 0 Å². The van der Waals surface area contributed by atoms with E-state index < -0.39 is 0 Å². The van der Waals surface area contributed by atoms with E-state index in [0.29, 0.717) is 19.3 Å². The van der Waals surface area contributed by atoms with Gasteiger partial charge in [-0.05, 0) is 37.1 Å². The van der Waals surface area contributed by atoms with E-state index >= 15 is 0 Å². The summed E-state index contributed by atoms with van der Waals surface area (Å²) in [4.78, 5) is 4.41. The molecule has 3 nitrogen and oxygen atoms in total. The van der Waals surface area contributed by atoms with Gasteiger partial charge in [-0.1, -0.05) is 42.5 Å². The lowest BCUT2D eigenvalue weighted by Crippen LogP contribution is -2.11. The van der Waals surface area contributed by atoms with Crippen LogP contribution in [0.1, 0.15) is 18.1 Å². The molecule has 0 aliphatic heterocycles. The van der Waals surface area contributed by atoms with Gasteiger partial charge in [0.05, 0.1) is 18.9 Å². The van der Waals surface area contributed by atoms with Gasteiger partial charge in [0.25, 0.3) is 0 Å². The lowest BCUT2D eigenvalue weighted by molar-refractivity contribution is 0.175. The first-order valence-corrected chi connectivity index (χ1v) is 7.23. The molecule has 0 fully saturated rings. The minimum absolute atomic E-state index is 0.332. The average Bonchev–Trinajstić information content (AvgIpc) is 2.48. The van der Waals surface area contributed by atoms with Gasteiger partial charge in [-0.3, -0.25) is 0 Å². The topological polar surface area (TPSA) is 30.8 Å². The molecule has 21 heavy (non-hydrogen) atoms. The zero-order chi connectivity index (χ0) is 14.9. The van der Waals surface area contributed by atoms with Gasteiger partial charge >= 0.3 is 6.08 Å². The molecule has 0 atom stereocenters. The predicted octanol–water partition coefficient (Wildman–Crippen LogP) is 4.28. The van der Waals surface area contributed by atoms with E-state index in [1.165, 1.54) is 5.56 Å². The van der Waals surface area contributed by atoms with Gasteiger partial charge in [0.1, 0.15) is 0 Å². The quantitative estimate of drug-likeness (QED) is 0.606. The standard InChI is InChI=1S/C18H21NO2/c1-3-20-18(19-17-11-7-8-15(2)14-17)21-13-12-16-9-5-4-6-10-16/h4-11,14H,3,12-13H2,1-2H3. The number of aryl methyl sites for hydroxylation is 1. The molecule has 0 N–H and O–H groups in total. The minimum atomic E-state index is 0.332. The second-order valence-electron chi connectivity index (χ2n) is 4.73. The normalized spacial score (nSPS) is 11.2. The van der Waals surface area contributed by atoms with Crippen LogP contribution in [0, 0.1) is 6.92 Å². The summed E-state index contributed by atoms with van der Waals surface area (Å²) in [5, 5.41) is 0. The van der Waals surface area contributed by atoms with E-state index in [4.69, 9.17) is 9.47 Å². The summed E-state index contributed by atoms with van der Waals surface area (Å²) < 4.78 is 11.1. The van der Waals surface area contributed by atoms with Crippen LogP contribution in [0.15, 0.2) is 59.6 Å². The van der Waals surface area contributed by atoms with Crippen molar-refractivity contribution in [3.05, 3.63) is 65.7 Å². The molecule has 2 aromatic carbocycles. The lowest BCUT2D eigenvalue weighted by Gasteiger charge is -2.09. The number of aliphatic imine (C=N–C) groups is 1. The van der Waals surface area contributed by atoms with Gasteiger partial charge in [0.2, 0.25) is 0 Å². The minimum Gasteiger partial charge on any atom is -0.451 e. The first kappa shape index (κ1) is 15.1. The molecule has 0 unspecified atom stereocenters. The number of ether oxygens (including phenoxy) is 2. The Morgan fingerprint density at radius 1 is 1.00 bits per heavy atom. The smallest absolute Gasteiger partial charge is 0.388 e. The van der Waals surface area contributed by atoms with Gasteiger partial charge in [-0.15, -0.1) is 0 Å². The molecule has 0 saturated heterocycles. The van der Waals surface area contributed by atoms with E-state index in [1.54, 1.807) is 0 Å². The van der Waals surface area contributed by atoms with Crippen LogP contribution in [0.4, 0.5) is 5.69 Å². The van der Waals surface area contributed by atoms with Crippen LogP contribution in [0.5, 0.6) is 0 Å². The van der Waals surface area contributed by atoms with Gasteiger partial charge < -0.3 is 9.47 Å². The van der Waals surface area contributed by atoms with Gasteiger partial charge in [0.15, 0.2) is 0 Å². The lowest BCUT2D eigenvalue weighted by atomic mass is 10.2. The highest BCUT2D eigenvalue weighted by atomic mass is 16.7. The molecule has 0 aliphatic rings. The van der Waals surface area contributed by atoms with E-state index in [-0.39, 0.29) is 0 Å². The van der Waals surface area contributed by atoms with Crippen molar-refractivity contribution in [1.82, 2.24) is 0 Å². The molecular formula is C18H21NO2. The summed E-state index contributed by atoms with van der Waals surface area (Å²) in [6, 6.07) is 18.2. The number of benzene rings is 2. The zero-order valence-electron chi connectivity index (χ0n) is 12.6. The Hall–Kier alpha value is -2.29. The van der Waals surface area contributed by atoms with Crippen LogP contribution in [0.3, 0.4) is 0 Å². The Morgan fingerprint density at radius 3 is 2.52 bits per heavy atom. The molecule has 0 heterocycles. The maximum atomic E-state index is 5.66. The second-order valence-corrected chi connectivity index (χ2v) is 4.73. The summed E-state index contributed by atoms with van der Waals surface area (Å²) in [6.07, 6.45) is 1.17. The third-order valence-electron chi connectivity index (χ3n) is 2.95. The van der Waals surface area contributed by atoms with Crippen molar-refractivity contribution in [2.24, 2.45) is 4.99 Å². The van der Waals surface area contributed by atoms with E-state index in [9.17, 15) is 0 Å². The molecule has 3 heteroatoms. The highest BCUT2D eigenvalue weighted by Crippen LogP contribution is 2.14. The molecular weight excluding hydrogens is 262 g/mol. The third-order valence-corrected chi connectivity index (χ3v) is 2.95. The van der Waals surface area contributed by atoms with Crippen molar-refractivity contribution in [1.29, 1.82) is 0 Å². The number of nitrogens with zero attached hydrogens (tertiary/aromatic N) is 1. The number of rotatable bonds is 5. The van der Waals surface area contributed by atoms with Crippen LogP contribution in [0.25, 0.3) is 0 Å².